The van der Waals surface area contributed by atoms with Crippen LogP contribution >= 0.6 is 0 Å². The molecule has 0 atom stereocenters. The van der Waals surface area contributed by atoms with E-state index in [2.05, 4.69) is 4.72 Å². The number of nitrogens with one attached hydrogen (secondary N) is 1. The van der Waals surface area contributed by atoms with Gasteiger partial charge >= 0.3 is 5.97 Å². The van der Waals surface area contributed by atoms with Gasteiger partial charge in [0.25, 0.3) is 0 Å². The summed E-state index contributed by atoms with van der Waals surface area (Å²) in [4.78, 5) is 10.8. The number of carboxylic acid groups (broad SMARTS) is 1. The first-order chi connectivity index (χ1) is 9.29. The van der Waals surface area contributed by atoms with Crippen molar-refractivity contribution in [1.29, 1.82) is 0 Å². The molecule has 0 aliphatic rings. The molecule has 1 aromatic carbocycles. The topological polar surface area (TPSA) is 83.5 Å². The molecule has 0 spiro atoms. The Balaban J connectivity index is 2.99. The molecular weight excluding hydrogens is 285 g/mol. The summed E-state index contributed by atoms with van der Waals surface area (Å²) in [6.07, 6.45) is 0.553. The van der Waals surface area contributed by atoms with E-state index in [9.17, 15) is 22.7 Å². The Kier molecular flexibility index (Phi) is 5.24. The Labute approximate surface area is 117 Å². The number of carboxylic acids is 1. The Morgan fingerprint density at radius 2 is 1.85 bits per heavy atom. The van der Waals surface area contributed by atoms with Crippen LogP contribution in [0.5, 0.6) is 0 Å². The first-order valence-corrected chi connectivity index (χ1v) is 7.75. The number of carbonyl (C=O) groups is 1. The van der Waals surface area contributed by atoms with Crippen molar-refractivity contribution in [3.63, 3.8) is 0 Å². The lowest BCUT2D eigenvalue weighted by Gasteiger charge is -2.26. The van der Waals surface area contributed by atoms with E-state index in [1.54, 1.807) is 13.8 Å². The Morgan fingerprint density at radius 1 is 1.30 bits per heavy atom. The maximum absolute atomic E-state index is 13.5. The zero-order chi connectivity index (χ0) is 15.4. The molecule has 0 aliphatic carbocycles. The van der Waals surface area contributed by atoms with Crippen molar-refractivity contribution in [1.82, 2.24) is 4.72 Å². The van der Waals surface area contributed by atoms with Crippen LogP contribution in [0.25, 0.3) is 0 Å². The van der Waals surface area contributed by atoms with Gasteiger partial charge < -0.3 is 5.11 Å². The van der Waals surface area contributed by atoms with Gasteiger partial charge in [0.15, 0.2) is 0 Å². The van der Waals surface area contributed by atoms with Crippen LogP contribution in [0.15, 0.2) is 29.2 Å². The molecule has 0 radical (unpaired) electrons. The molecule has 0 aliphatic heterocycles. The van der Waals surface area contributed by atoms with E-state index in [4.69, 9.17) is 0 Å². The van der Waals surface area contributed by atoms with E-state index >= 15 is 0 Å². The van der Waals surface area contributed by atoms with E-state index in [-0.39, 0.29) is 19.4 Å². The van der Waals surface area contributed by atoms with E-state index in [0.717, 1.165) is 12.1 Å². The van der Waals surface area contributed by atoms with Crippen LogP contribution in [0.1, 0.15) is 26.7 Å². The monoisotopic (exact) mass is 303 g/mol. The van der Waals surface area contributed by atoms with Gasteiger partial charge in [-0.15, -0.1) is 0 Å². The summed E-state index contributed by atoms with van der Waals surface area (Å²) in [6, 6.07) is 4.96. The lowest BCUT2D eigenvalue weighted by molar-refractivity contribution is -0.149. The van der Waals surface area contributed by atoms with Gasteiger partial charge in [0.05, 0.1) is 5.41 Å². The molecule has 0 bridgehead atoms. The van der Waals surface area contributed by atoms with Crippen molar-refractivity contribution in [3.05, 3.63) is 30.1 Å². The zero-order valence-electron chi connectivity index (χ0n) is 11.4. The summed E-state index contributed by atoms with van der Waals surface area (Å²) in [5, 5.41) is 9.24. The number of sulfonamides is 1. The normalized spacial score (nSPS) is 12.3. The summed E-state index contributed by atoms with van der Waals surface area (Å²) in [7, 11) is -4.07. The van der Waals surface area contributed by atoms with Crippen LogP contribution in [0.4, 0.5) is 4.39 Å². The van der Waals surface area contributed by atoms with Crippen molar-refractivity contribution in [2.75, 3.05) is 6.54 Å². The number of halogens is 1. The Morgan fingerprint density at radius 3 is 2.30 bits per heavy atom. The Hall–Kier alpha value is -1.47. The second kappa shape index (κ2) is 6.32. The van der Waals surface area contributed by atoms with Crippen molar-refractivity contribution in [2.24, 2.45) is 5.41 Å². The molecule has 0 fully saturated rings. The lowest BCUT2D eigenvalue weighted by atomic mass is 9.83. The van der Waals surface area contributed by atoms with Gasteiger partial charge in [-0.2, -0.15) is 0 Å². The highest BCUT2D eigenvalue weighted by Crippen LogP contribution is 2.26. The molecule has 20 heavy (non-hydrogen) atoms. The molecule has 112 valence electrons. The van der Waals surface area contributed by atoms with Crippen molar-refractivity contribution < 1.29 is 22.7 Å². The van der Waals surface area contributed by atoms with E-state index in [0.29, 0.717) is 0 Å². The molecule has 0 saturated carbocycles. The van der Waals surface area contributed by atoms with E-state index in [1.807, 2.05) is 0 Å². The first kappa shape index (κ1) is 16.6. The predicted octanol–water partition coefficient (Wildman–Crippen LogP) is 2.00. The maximum atomic E-state index is 13.5. The van der Waals surface area contributed by atoms with Gasteiger partial charge in [-0.3, -0.25) is 4.79 Å². The van der Waals surface area contributed by atoms with Gasteiger partial charge in [-0.05, 0) is 25.0 Å². The lowest BCUT2D eigenvalue weighted by Crippen LogP contribution is -2.42. The molecule has 7 heteroatoms. The number of rotatable bonds is 7. The second-order valence-electron chi connectivity index (χ2n) is 4.55. The van der Waals surface area contributed by atoms with Crippen LogP contribution in [-0.2, 0) is 14.8 Å². The predicted molar refractivity (Wildman–Crippen MR) is 72.2 cm³/mol. The second-order valence-corrected chi connectivity index (χ2v) is 6.28. The third kappa shape index (κ3) is 3.34. The third-order valence-corrected chi connectivity index (χ3v) is 4.97. The van der Waals surface area contributed by atoms with Crippen molar-refractivity contribution in [2.45, 2.75) is 31.6 Å². The zero-order valence-corrected chi connectivity index (χ0v) is 12.2. The minimum absolute atomic E-state index is 0.272. The van der Waals surface area contributed by atoms with Crippen LogP contribution < -0.4 is 4.72 Å². The molecule has 1 aromatic rings. The summed E-state index contributed by atoms with van der Waals surface area (Å²) >= 11 is 0. The van der Waals surface area contributed by atoms with Crippen LogP contribution in [0.2, 0.25) is 0 Å². The van der Waals surface area contributed by atoms with Crippen molar-refractivity contribution in [3.8, 4) is 0 Å². The fraction of sp³-hybridized carbons (Fsp3) is 0.462. The molecule has 0 heterocycles. The molecule has 0 unspecified atom stereocenters. The summed E-state index contributed by atoms with van der Waals surface area (Å²) < 4.78 is 39.7. The number of hydrogen-bond acceptors (Lipinski definition) is 3. The largest absolute Gasteiger partial charge is 0.481 e. The average molecular weight is 303 g/mol. The van der Waals surface area contributed by atoms with Crippen LogP contribution in [0, 0.1) is 11.2 Å². The molecule has 2 N–H and O–H groups in total. The summed E-state index contributed by atoms with van der Waals surface area (Å²) in [6.45, 7) is 3.08. The summed E-state index contributed by atoms with van der Waals surface area (Å²) in [5.74, 6) is -1.94. The number of benzene rings is 1. The standard InChI is InChI=1S/C13H18FNO4S/c1-3-13(4-2,12(16)17)9-15-20(18,19)11-8-6-5-7-10(11)14/h5-8,15H,3-4,9H2,1-2H3,(H,16,17). The van der Waals surface area contributed by atoms with Crippen LogP contribution in [0.3, 0.4) is 0 Å². The van der Waals surface area contributed by atoms with Crippen molar-refractivity contribution >= 4 is 16.0 Å². The molecule has 0 amide bonds. The van der Waals surface area contributed by atoms with Gasteiger partial charge in [-0.1, -0.05) is 26.0 Å². The smallest absolute Gasteiger partial charge is 0.310 e. The summed E-state index contributed by atoms with van der Waals surface area (Å²) in [5.41, 5.74) is -1.18. The number of hydrogen-bond donors (Lipinski definition) is 2. The SMILES string of the molecule is CCC(CC)(CNS(=O)(=O)c1ccccc1F)C(=O)O. The molecule has 1 rings (SSSR count). The first-order valence-electron chi connectivity index (χ1n) is 6.26. The highest BCUT2D eigenvalue weighted by Gasteiger charge is 2.36. The van der Waals surface area contributed by atoms with E-state index in [1.165, 1.54) is 12.1 Å². The van der Waals surface area contributed by atoms with E-state index < -0.39 is 32.1 Å². The van der Waals surface area contributed by atoms with Gasteiger partial charge in [-0.25, -0.2) is 17.5 Å². The maximum Gasteiger partial charge on any atom is 0.310 e. The average Bonchev–Trinajstić information content (AvgIpc) is 2.40. The minimum Gasteiger partial charge on any atom is -0.481 e. The molecule has 5 nitrogen and oxygen atoms in total. The van der Waals surface area contributed by atoms with Gasteiger partial charge in [0.2, 0.25) is 10.0 Å². The third-order valence-electron chi connectivity index (χ3n) is 3.53. The van der Waals surface area contributed by atoms with Gasteiger partial charge in [0, 0.05) is 6.54 Å². The fourth-order valence-corrected chi connectivity index (χ4v) is 3.06. The minimum atomic E-state index is -4.07. The highest BCUT2D eigenvalue weighted by atomic mass is 32.2. The van der Waals surface area contributed by atoms with Crippen LogP contribution in [-0.4, -0.2) is 26.0 Å². The fourth-order valence-electron chi connectivity index (χ4n) is 1.85. The van der Waals surface area contributed by atoms with Gasteiger partial charge in [0.1, 0.15) is 10.7 Å². The Bertz CT molecular complexity index is 582. The molecule has 0 saturated heterocycles. The number of aliphatic carboxylic acids is 1. The molecular formula is C13H18FNO4S. The quantitative estimate of drug-likeness (QED) is 0.807. The molecule has 0 aromatic heterocycles. The highest BCUT2D eigenvalue weighted by molar-refractivity contribution is 7.89.